The first kappa shape index (κ1) is 16.5. The van der Waals surface area contributed by atoms with E-state index in [1.165, 1.54) is 25.7 Å². The van der Waals surface area contributed by atoms with Gasteiger partial charge >= 0.3 is 0 Å². The fraction of sp³-hybridized carbons (Fsp3) is 0.700. The van der Waals surface area contributed by atoms with Crippen molar-refractivity contribution < 1.29 is 0 Å². The topological polar surface area (TPSA) is 12.0 Å². The number of hydrogen-bond acceptors (Lipinski definition) is 1. The second-order valence-corrected chi connectivity index (χ2v) is 8.20. The molecule has 0 aromatic heterocycles. The van der Waals surface area contributed by atoms with E-state index in [9.17, 15) is 0 Å². The lowest BCUT2D eigenvalue weighted by molar-refractivity contribution is 0.265. The van der Waals surface area contributed by atoms with Gasteiger partial charge in [0.25, 0.3) is 0 Å². The van der Waals surface area contributed by atoms with Crippen molar-refractivity contribution in [3.05, 3.63) is 35.4 Å². The van der Waals surface area contributed by atoms with Crippen molar-refractivity contribution in [1.29, 1.82) is 0 Å². The second-order valence-electron chi connectivity index (χ2n) is 8.20. The van der Waals surface area contributed by atoms with Crippen molar-refractivity contribution in [3.63, 3.8) is 0 Å². The van der Waals surface area contributed by atoms with E-state index in [4.69, 9.17) is 0 Å². The van der Waals surface area contributed by atoms with Crippen LogP contribution in [0.5, 0.6) is 0 Å². The fourth-order valence-electron chi connectivity index (χ4n) is 4.08. The molecule has 0 aliphatic heterocycles. The molecule has 21 heavy (non-hydrogen) atoms. The molecule has 1 nitrogen and oxygen atoms in total. The third-order valence-corrected chi connectivity index (χ3v) is 4.67. The van der Waals surface area contributed by atoms with Crippen molar-refractivity contribution in [2.45, 2.75) is 72.3 Å². The molecule has 0 spiro atoms. The van der Waals surface area contributed by atoms with Gasteiger partial charge in [0.15, 0.2) is 0 Å². The summed E-state index contributed by atoms with van der Waals surface area (Å²) in [6.45, 7) is 12.8. The van der Waals surface area contributed by atoms with Crippen LogP contribution in [0.1, 0.15) is 70.9 Å². The van der Waals surface area contributed by atoms with Crippen LogP contribution in [-0.4, -0.2) is 12.6 Å². The summed E-state index contributed by atoms with van der Waals surface area (Å²) in [5, 5.41) is 3.73. The number of fused-ring (bicyclic) bond motifs is 1. The molecule has 118 valence electrons. The summed E-state index contributed by atoms with van der Waals surface area (Å²) in [5.41, 5.74) is 3.61. The molecule has 0 amide bonds. The maximum Gasteiger partial charge on any atom is 0.00754 e. The third-order valence-electron chi connectivity index (χ3n) is 4.67. The van der Waals surface area contributed by atoms with Crippen molar-refractivity contribution >= 4 is 0 Å². The quantitative estimate of drug-likeness (QED) is 0.730. The van der Waals surface area contributed by atoms with Gasteiger partial charge in [-0.25, -0.2) is 0 Å². The first-order valence-electron chi connectivity index (χ1n) is 8.70. The Bertz CT molecular complexity index is 443. The van der Waals surface area contributed by atoms with Gasteiger partial charge in [0.05, 0.1) is 0 Å². The Balaban J connectivity index is 1.88. The van der Waals surface area contributed by atoms with E-state index in [2.05, 4.69) is 64.2 Å². The van der Waals surface area contributed by atoms with Crippen LogP contribution >= 0.6 is 0 Å². The number of rotatable bonds is 7. The van der Waals surface area contributed by atoms with Crippen molar-refractivity contribution in [2.75, 3.05) is 6.54 Å². The lowest BCUT2D eigenvalue weighted by atomic mass is 9.73. The molecule has 2 rings (SSSR count). The van der Waals surface area contributed by atoms with Crippen LogP contribution < -0.4 is 5.32 Å². The molecule has 1 aliphatic carbocycles. The van der Waals surface area contributed by atoms with Crippen LogP contribution in [0, 0.1) is 11.3 Å². The third kappa shape index (κ3) is 4.85. The largest absolute Gasteiger partial charge is 0.314 e. The summed E-state index contributed by atoms with van der Waals surface area (Å²) in [4.78, 5) is 0. The predicted octanol–water partition coefficient (Wildman–Crippen LogP) is 5.16. The Morgan fingerprint density at radius 1 is 1.24 bits per heavy atom. The van der Waals surface area contributed by atoms with Gasteiger partial charge in [-0.3, -0.25) is 0 Å². The molecule has 3 unspecified atom stereocenters. The highest BCUT2D eigenvalue weighted by Crippen LogP contribution is 2.39. The summed E-state index contributed by atoms with van der Waals surface area (Å²) >= 11 is 0. The van der Waals surface area contributed by atoms with Gasteiger partial charge in [-0.1, -0.05) is 58.9 Å². The van der Waals surface area contributed by atoms with E-state index in [0.29, 0.717) is 11.5 Å². The Kier molecular flexibility index (Phi) is 5.48. The van der Waals surface area contributed by atoms with Crippen LogP contribution in [0.25, 0.3) is 0 Å². The fourth-order valence-corrected chi connectivity index (χ4v) is 4.08. The Morgan fingerprint density at radius 2 is 1.95 bits per heavy atom. The molecule has 1 N–H and O–H groups in total. The number of nitrogens with one attached hydrogen (secondary N) is 1. The zero-order valence-corrected chi connectivity index (χ0v) is 14.6. The lowest BCUT2D eigenvalue weighted by Crippen LogP contribution is -2.35. The minimum atomic E-state index is 0.444. The molecule has 0 bridgehead atoms. The Hall–Kier alpha value is -0.820. The maximum atomic E-state index is 3.73. The van der Waals surface area contributed by atoms with Crippen LogP contribution in [-0.2, 0) is 6.42 Å². The van der Waals surface area contributed by atoms with Gasteiger partial charge in [0.2, 0.25) is 0 Å². The van der Waals surface area contributed by atoms with Gasteiger partial charge in [-0.15, -0.1) is 0 Å². The molecule has 1 aromatic rings. The summed E-state index contributed by atoms with van der Waals surface area (Å²) in [6.07, 6.45) is 5.21. The number of benzene rings is 1. The maximum absolute atomic E-state index is 3.73. The first-order chi connectivity index (χ1) is 9.89. The zero-order chi connectivity index (χ0) is 15.5. The second kappa shape index (κ2) is 6.96. The van der Waals surface area contributed by atoms with E-state index < -0.39 is 0 Å². The highest BCUT2D eigenvalue weighted by molar-refractivity contribution is 5.39. The molecular formula is C20H33N. The predicted molar refractivity (Wildman–Crippen MR) is 92.8 cm³/mol. The van der Waals surface area contributed by atoms with Crippen LogP contribution in [0.3, 0.4) is 0 Å². The van der Waals surface area contributed by atoms with E-state index in [0.717, 1.165) is 18.4 Å². The molecule has 0 saturated carbocycles. The molecule has 0 radical (unpaired) electrons. The standard InChI is InChI=1S/C20H33N/c1-6-21-18(11-15(2)14-20(3,4)5)13-17-12-16-9-7-8-10-19(16)17/h7-10,15,17-18,21H,6,11-14H2,1-5H3. The van der Waals surface area contributed by atoms with Crippen LogP contribution in [0.2, 0.25) is 0 Å². The Labute approximate surface area is 131 Å². The van der Waals surface area contributed by atoms with Crippen molar-refractivity contribution in [1.82, 2.24) is 5.32 Å². The van der Waals surface area contributed by atoms with Gasteiger partial charge in [-0.05, 0) is 60.6 Å². The first-order valence-corrected chi connectivity index (χ1v) is 8.70. The minimum absolute atomic E-state index is 0.444. The highest BCUT2D eigenvalue weighted by atomic mass is 14.9. The molecule has 0 fully saturated rings. The van der Waals surface area contributed by atoms with Gasteiger partial charge in [-0.2, -0.15) is 0 Å². The Morgan fingerprint density at radius 3 is 2.57 bits per heavy atom. The highest BCUT2D eigenvalue weighted by Gasteiger charge is 2.28. The summed E-state index contributed by atoms with van der Waals surface area (Å²) in [5.74, 6) is 1.58. The molecule has 1 aromatic carbocycles. The lowest BCUT2D eigenvalue weighted by Gasteiger charge is -2.35. The van der Waals surface area contributed by atoms with E-state index in [1.807, 2.05) is 0 Å². The normalized spacial score (nSPS) is 20.5. The summed E-state index contributed by atoms with van der Waals surface area (Å²) in [7, 11) is 0. The van der Waals surface area contributed by atoms with E-state index in [1.54, 1.807) is 11.1 Å². The summed E-state index contributed by atoms with van der Waals surface area (Å²) in [6, 6.07) is 9.64. The van der Waals surface area contributed by atoms with Crippen LogP contribution in [0.15, 0.2) is 24.3 Å². The zero-order valence-electron chi connectivity index (χ0n) is 14.6. The minimum Gasteiger partial charge on any atom is -0.314 e. The van der Waals surface area contributed by atoms with E-state index >= 15 is 0 Å². The molecule has 0 heterocycles. The van der Waals surface area contributed by atoms with E-state index in [-0.39, 0.29) is 0 Å². The average Bonchev–Trinajstić information content (AvgIpc) is 2.33. The number of hydrogen-bond donors (Lipinski definition) is 1. The molecule has 1 heteroatoms. The van der Waals surface area contributed by atoms with Crippen LogP contribution in [0.4, 0.5) is 0 Å². The molecule has 3 atom stereocenters. The SMILES string of the molecule is CCNC(CC(C)CC(C)(C)C)CC1Cc2ccccc21. The summed E-state index contributed by atoms with van der Waals surface area (Å²) < 4.78 is 0. The van der Waals surface area contributed by atoms with Gasteiger partial charge in [0, 0.05) is 6.04 Å². The van der Waals surface area contributed by atoms with Gasteiger partial charge in [0.1, 0.15) is 0 Å². The molecular weight excluding hydrogens is 254 g/mol. The van der Waals surface area contributed by atoms with Crippen molar-refractivity contribution in [3.8, 4) is 0 Å². The molecule has 0 saturated heterocycles. The van der Waals surface area contributed by atoms with Crippen molar-refractivity contribution in [2.24, 2.45) is 11.3 Å². The average molecular weight is 287 g/mol. The smallest absolute Gasteiger partial charge is 0.00754 e. The van der Waals surface area contributed by atoms with Gasteiger partial charge < -0.3 is 5.32 Å². The monoisotopic (exact) mass is 287 g/mol. The molecule has 1 aliphatic rings.